The van der Waals surface area contributed by atoms with E-state index in [2.05, 4.69) is 0 Å². The molecule has 0 aliphatic carbocycles. The Bertz CT molecular complexity index is 741. The van der Waals surface area contributed by atoms with Gasteiger partial charge in [0.15, 0.2) is 6.17 Å². The summed E-state index contributed by atoms with van der Waals surface area (Å²) in [4.78, 5) is 0. The van der Waals surface area contributed by atoms with Crippen molar-refractivity contribution in [3.63, 3.8) is 0 Å². The second-order valence-electron chi connectivity index (χ2n) is 6.59. The molecule has 0 aromatic heterocycles. The highest BCUT2D eigenvalue weighted by Crippen LogP contribution is 2.34. The van der Waals surface area contributed by atoms with E-state index in [1.165, 1.54) is 0 Å². The molecule has 0 spiro atoms. The van der Waals surface area contributed by atoms with Crippen molar-refractivity contribution in [1.29, 1.82) is 0 Å². The van der Waals surface area contributed by atoms with Crippen LogP contribution in [0.1, 0.15) is 18.1 Å². The average molecular weight is 415 g/mol. The largest absolute Gasteiger partial charge is 0.371 e. The fourth-order valence-corrected chi connectivity index (χ4v) is 3.20. The first kappa shape index (κ1) is 20.5. The van der Waals surface area contributed by atoms with E-state index in [0.29, 0.717) is 10.0 Å². The van der Waals surface area contributed by atoms with Gasteiger partial charge in [0, 0.05) is 10.0 Å². The Morgan fingerprint density at radius 2 is 1.52 bits per heavy atom. The van der Waals surface area contributed by atoms with Crippen molar-refractivity contribution in [2.24, 2.45) is 0 Å². The van der Waals surface area contributed by atoms with Crippen LogP contribution < -0.4 is 0 Å². The molecule has 1 N–H and O–H groups in total. The zero-order chi connectivity index (χ0) is 19.4. The first-order valence-corrected chi connectivity index (χ1v) is 9.35. The van der Waals surface area contributed by atoms with Crippen LogP contribution in [-0.4, -0.2) is 35.9 Å². The summed E-state index contributed by atoms with van der Waals surface area (Å²) in [6, 6.07) is 14.1. The number of hydrogen-bond donors (Lipinski definition) is 1. The summed E-state index contributed by atoms with van der Waals surface area (Å²) in [6.45, 7) is 1.70. The van der Waals surface area contributed by atoms with Crippen molar-refractivity contribution in [2.45, 2.75) is 44.3 Å². The average Bonchev–Trinajstić information content (AvgIpc) is 2.85. The monoisotopic (exact) mass is 414 g/mol. The van der Waals surface area contributed by atoms with Crippen LogP contribution in [0.4, 0.5) is 4.39 Å². The molecule has 1 saturated heterocycles. The van der Waals surface area contributed by atoms with E-state index in [9.17, 15) is 9.50 Å². The minimum absolute atomic E-state index is 0.123. The van der Waals surface area contributed by atoms with Gasteiger partial charge in [-0.05, 0) is 42.3 Å². The Morgan fingerprint density at radius 3 is 2.07 bits per heavy atom. The molecule has 2 aromatic rings. The molecule has 1 aliphatic rings. The van der Waals surface area contributed by atoms with Gasteiger partial charge < -0.3 is 19.3 Å². The van der Waals surface area contributed by atoms with Crippen molar-refractivity contribution >= 4 is 23.2 Å². The molecule has 0 bridgehead atoms. The van der Waals surface area contributed by atoms with Crippen LogP contribution in [0, 0.1) is 0 Å². The second-order valence-corrected chi connectivity index (χ2v) is 7.46. The first-order chi connectivity index (χ1) is 12.9. The van der Waals surface area contributed by atoms with Gasteiger partial charge in [-0.2, -0.15) is 0 Å². The molecule has 146 valence electrons. The zero-order valence-corrected chi connectivity index (χ0v) is 16.3. The van der Waals surface area contributed by atoms with Crippen LogP contribution in [0.15, 0.2) is 48.5 Å². The van der Waals surface area contributed by atoms with Crippen LogP contribution in [0.5, 0.6) is 0 Å². The fraction of sp³-hybridized carbons (Fsp3) is 0.400. The SMILES string of the molecule is CC1O[C@](O)(COCc2ccc(Cl)cc2)[C@@H](OCc2ccc(Cl)cc2)[C@H]1F. The number of aliphatic hydroxyl groups is 1. The Labute approximate surface area is 167 Å². The Balaban J connectivity index is 1.60. The van der Waals surface area contributed by atoms with E-state index in [0.717, 1.165) is 11.1 Å². The van der Waals surface area contributed by atoms with E-state index >= 15 is 0 Å². The minimum Gasteiger partial charge on any atom is -0.371 e. The van der Waals surface area contributed by atoms with Gasteiger partial charge in [0.05, 0.1) is 19.3 Å². The second kappa shape index (κ2) is 8.86. The highest BCUT2D eigenvalue weighted by molar-refractivity contribution is 6.30. The summed E-state index contributed by atoms with van der Waals surface area (Å²) in [5.41, 5.74) is 1.69. The molecule has 4 nitrogen and oxygen atoms in total. The predicted molar refractivity (Wildman–Crippen MR) is 102 cm³/mol. The summed E-state index contributed by atoms with van der Waals surface area (Å²) in [6.07, 6.45) is -3.43. The third kappa shape index (κ3) is 5.19. The van der Waals surface area contributed by atoms with Gasteiger partial charge in [-0.25, -0.2) is 4.39 Å². The maximum Gasteiger partial charge on any atom is 0.219 e. The van der Waals surface area contributed by atoms with E-state index < -0.39 is 24.2 Å². The van der Waals surface area contributed by atoms with Gasteiger partial charge in [-0.3, -0.25) is 0 Å². The number of rotatable bonds is 7. The molecule has 3 rings (SSSR count). The van der Waals surface area contributed by atoms with Crippen molar-refractivity contribution in [3.8, 4) is 0 Å². The molecule has 2 aromatic carbocycles. The third-order valence-electron chi connectivity index (χ3n) is 4.41. The highest BCUT2D eigenvalue weighted by Gasteiger charge is 2.54. The maximum absolute atomic E-state index is 14.5. The Morgan fingerprint density at radius 1 is 1.00 bits per heavy atom. The molecule has 1 aliphatic heterocycles. The molecule has 0 saturated carbocycles. The fourth-order valence-electron chi connectivity index (χ4n) is 2.95. The van der Waals surface area contributed by atoms with E-state index in [4.69, 9.17) is 37.4 Å². The lowest BCUT2D eigenvalue weighted by molar-refractivity contribution is -0.262. The number of ether oxygens (including phenoxy) is 3. The standard InChI is InChI=1S/C20H21Cl2FO4/c1-13-18(23)19(26-11-15-4-8-17(22)9-5-15)20(24,27-13)12-25-10-14-2-6-16(21)7-3-14/h2-9,13,18-19,24H,10-12H2,1H3/t13?,18-,19-,20+/m0/s1. The Hall–Kier alpha value is -1.21. The van der Waals surface area contributed by atoms with Crippen LogP contribution in [-0.2, 0) is 27.4 Å². The summed E-state index contributed by atoms with van der Waals surface area (Å²) >= 11 is 11.7. The van der Waals surface area contributed by atoms with E-state index in [-0.39, 0.29) is 19.8 Å². The number of hydrogen-bond acceptors (Lipinski definition) is 4. The normalized spacial score (nSPS) is 27.8. The lowest BCUT2D eigenvalue weighted by Crippen LogP contribution is -2.47. The number of benzene rings is 2. The quantitative estimate of drug-likeness (QED) is 0.722. The van der Waals surface area contributed by atoms with Crippen molar-refractivity contribution in [3.05, 3.63) is 69.7 Å². The molecule has 0 amide bonds. The van der Waals surface area contributed by atoms with Crippen molar-refractivity contribution in [2.75, 3.05) is 6.61 Å². The molecule has 4 atom stereocenters. The predicted octanol–water partition coefficient (Wildman–Crippen LogP) is 4.54. The zero-order valence-electron chi connectivity index (χ0n) is 14.8. The number of alkyl halides is 1. The molecule has 1 fully saturated rings. The lowest BCUT2D eigenvalue weighted by Gasteiger charge is -2.28. The molecule has 0 radical (unpaired) electrons. The lowest BCUT2D eigenvalue weighted by atomic mass is 10.1. The smallest absolute Gasteiger partial charge is 0.219 e. The molecule has 1 unspecified atom stereocenters. The van der Waals surface area contributed by atoms with Crippen LogP contribution in [0.2, 0.25) is 10.0 Å². The van der Waals surface area contributed by atoms with Gasteiger partial charge in [-0.1, -0.05) is 47.5 Å². The molecule has 1 heterocycles. The molecule has 7 heteroatoms. The number of halogens is 3. The van der Waals surface area contributed by atoms with Crippen LogP contribution in [0.25, 0.3) is 0 Å². The van der Waals surface area contributed by atoms with E-state index in [1.807, 2.05) is 12.1 Å². The summed E-state index contributed by atoms with van der Waals surface area (Å²) in [5, 5.41) is 12.0. The van der Waals surface area contributed by atoms with Crippen molar-refractivity contribution < 1.29 is 23.7 Å². The summed E-state index contributed by atoms with van der Waals surface area (Å²) < 4.78 is 31.2. The summed E-state index contributed by atoms with van der Waals surface area (Å²) in [5.74, 6) is -1.86. The maximum atomic E-state index is 14.5. The van der Waals surface area contributed by atoms with Gasteiger partial charge in [0.25, 0.3) is 0 Å². The van der Waals surface area contributed by atoms with Crippen LogP contribution in [0.3, 0.4) is 0 Å². The van der Waals surface area contributed by atoms with Gasteiger partial charge >= 0.3 is 0 Å². The molecular weight excluding hydrogens is 394 g/mol. The van der Waals surface area contributed by atoms with Gasteiger partial charge in [0.2, 0.25) is 5.79 Å². The third-order valence-corrected chi connectivity index (χ3v) is 4.91. The van der Waals surface area contributed by atoms with Crippen molar-refractivity contribution in [1.82, 2.24) is 0 Å². The van der Waals surface area contributed by atoms with Gasteiger partial charge in [-0.15, -0.1) is 0 Å². The van der Waals surface area contributed by atoms with Crippen LogP contribution >= 0.6 is 23.2 Å². The molecular formula is C20H21Cl2FO4. The van der Waals surface area contributed by atoms with E-state index in [1.54, 1.807) is 43.3 Å². The summed E-state index contributed by atoms with van der Waals surface area (Å²) in [7, 11) is 0. The molecule has 27 heavy (non-hydrogen) atoms. The Kier molecular flexibility index (Phi) is 6.74. The highest BCUT2D eigenvalue weighted by atomic mass is 35.5. The topological polar surface area (TPSA) is 47.9 Å². The van der Waals surface area contributed by atoms with Gasteiger partial charge in [0.1, 0.15) is 12.7 Å². The minimum atomic E-state index is -1.86. The first-order valence-electron chi connectivity index (χ1n) is 8.60.